The lowest BCUT2D eigenvalue weighted by atomic mass is 9.84. The molecule has 0 aliphatic carbocycles. The number of nitrogens with zero attached hydrogens (tertiary/aromatic N) is 1. The summed E-state index contributed by atoms with van der Waals surface area (Å²) in [6, 6.07) is 2.11. The molecule has 98 valence electrons. The summed E-state index contributed by atoms with van der Waals surface area (Å²) in [4.78, 5) is 3.94. The number of hydrogen-bond acceptors (Lipinski definition) is 3. The number of nitrogens with two attached hydrogens (primary N) is 1. The third-order valence-electron chi connectivity index (χ3n) is 3.42. The molecule has 2 rings (SSSR count). The maximum Gasteiger partial charge on any atom is 0.0555 e. The van der Waals surface area contributed by atoms with Gasteiger partial charge in [-0.1, -0.05) is 25.7 Å². The molecule has 2 heterocycles. The molecule has 0 saturated carbocycles. The van der Waals surface area contributed by atoms with Gasteiger partial charge in [-0.2, -0.15) is 0 Å². The van der Waals surface area contributed by atoms with Crippen molar-refractivity contribution in [3.63, 3.8) is 0 Å². The Bertz CT molecular complexity index is 451. The van der Waals surface area contributed by atoms with Crippen LogP contribution in [0.25, 0.3) is 0 Å². The predicted molar refractivity (Wildman–Crippen MR) is 78.5 cm³/mol. The van der Waals surface area contributed by atoms with Gasteiger partial charge in [-0.25, -0.2) is 0 Å². The largest absolute Gasteiger partial charge is 0.320 e. The Kier molecular flexibility index (Phi) is 4.45. The van der Waals surface area contributed by atoms with Gasteiger partial charge in [-0.15, -0.1) is 11.3 Å². The van der Waals surface area contributed by atoms with Gasteiger partial charge in [0.15, 0.2) is 0 Å². The van der Waals surface area contributed by atoms with Crippen LogP contribution in [-0.4, -0.2) is 24.5 Å². The van der Waals surface area contributed by atoms with Crippen molar-refractivity contribution in [2.24, 2.45) is 11.1 Å². The van der Waals surface area contributed by atoms with Crippen LogP contribution in [-0.2, 0) is 6.54 Å². The Hall–Kier alpha value is -0.820. The third-order valence-corrected chi connectivity index (χ3v) is 4.32. The molecule has 0 bridgehead atoms. The van der Waals surface area contributed by atoms with Crippen molar-refractivity contribution in [3.8, 4) is 11.8 Å². The molecule has 1 aliphatic heterocycles. The molecule has 0 unspecified atom stereocenters. The Morgan fingerprint density at radius 1 is 1.50 bits per heavy atom. The van der Waals surface area contributed by atoms with Crippen molar-refractivity contribution < 1.29 is 0 Å². The normalized spacial score (nSPS) is 19.3. The second kappa shape index (κ2) is 5.88. The molecule has 1 aromatic heterocycles. The zero-order valence-electron chi connectivity index (χ0n) is 11.3. The molecule has 0 atom stereocenters. The van der Waals surface area contributed by atoms with E-state index in [2.05, 4.69) is 42.0 Å². The smallest absolute Gasteiger partial charge is 0.0555 e. The summed E-state index contributed by atoms with van der Waals surface area (Å²) in [5.41, 5.74) is 7.05. The molecule has 2 nitrogen and oxygen atoms in total. The summed E-state index contributed by atoms with van der Waals surface area (Å²) in [6.45, 7) is 8.60. The zero-order chi connectivity index (χ0) is 13.0. The van der Waals surface area contributed by atoms with Crippen LogP contribution in [0.2, 0.25) is 0 Å². The van der Waals surface area contributed by atoms with Crippen LogP contribution in [0.4, 0.5) is 0 Å². The highest BCUT2D eigenvalue weighted by atomic mass is 32.1. The number of likely N-dealkylation sites (tertiary alicyclic amines) is 1. The van der Waals surface area contributed by atoms with Crippen LogP contribution >= 0.6 is 11.3 Å². The minimum Gasteiger partial charge on any atom is -0.320 e. The first-order valence-electron chi connectivity index (χ1n) is 6.58. The van der Waals surface area contributed by atoms with Gasteiger partial charge in [0, 0.05) is 23.5 Å². The lowest BCUT2D eigenvalue weighted by Gasteiger charge is -2.37. The Balaban J connectivity index is 2.03. The first-order valence-corrected chi connectivity index (χ1v) is 7.46. The monoisotopic (exact) mass is 262 g/mol. The number of thiophene rings is 1. The van der Waals surface area contributed by atoms with Crippen LogP contribution in [0, 0.1) is 17.3 Å². The zero-order valence-corrected chi connectivity index (χ0v) is 12.1. The molecule has 1 aliphatic rings. The topological polar surface area (TPSA) is 29.3 Å². The van der Waals surface area contributed by atoms with Gasteiger partial charge in [0.2, 0.25) is 0 Å². The molecule has 1 aromatic rings. The van der Waals surface area contributed by atoms with E-state index < -0.39 is 0 Å². The average Bonchev–Trinajstić information content (AvgIpc) is 2.72. The number of hydrogen-bond donors (Lipinski definition) is 1. The minimum atomic E-state index is 0.437. The van der Waals surface area contributed by atoms with Crippen LogP contribution in [0.15, 0.2) is 11.4 Å². The number of rotatable bonds is 2. The van der Waals surface area contributed by atoms with Crippen molar-refractivity contribution in [3.05, 3.63) is 21.9 Å². The Labute approximate surface area is 114 Å². The fourth-order valence-corrected chi connectivity index (χ4v) is 3.47. The lowest BCUT2D eigenvalue weighted by molar-refractivity contribution is 0.112. The SMILES string of the molecule is CC1(C)CCCN(Cc2sccc2C#CCN)C1. The van der Waals surface area contributed by atoms with Crippen LogP contribution in [0.3, 0.4) is 0 Å². The fraction of sp³-hybridized carbons (Fsp3) is 0.600. The van der Waals surface area contributed by atoms with E-state index in [-0.39, 0.29) is 0 Å². The van der Waals surface area contributed by atoms with E-state index in [1.807, 2.05) is 11.3 Å². The van der Waals surface area contributed by atoms with Gasteiger partial charge < -0.3 is 5.73 Å². The van der Waals surface area contributed by atoms with Crippen molar-refractivity contribution >= 4 is 11.3 Å². The lowest BCUT2D eigenvalue weighted by Crippen LogP contribution is -2.39. The standard InChI is InChI=1S/C15H22N2S/c1-15(2)7-4-9-17(12-15)11-14-13(5-3-8-16)6-10-18-14/h6,10H,4,7-9,11-12,16H2,1-2H3. The van der Waals surface area contributed by atoms with E-state index >= 15 is 0 Å². The quantitative estimate of drug-likeness (QED) is 0.830. The fourth-order valence-electron chi connectivity index (χ4n) is 2.60. The molecule has 0 aromatic carbocycles. The van der Waals surface area contributed by atoms with E-state index in [1.54, 1.807) is 0 Å². The van der Waals surface area contributed by atoms with E-state index in [0.29, 0.717) is 12.0 Å². The molecule has 0 spiro atoms. The van der Waals surface area contributed by atoms with Gasteiger partial charge in [0.05, 0.1) is 6.54 Å². The van der Waals surface area contributed by atoms with Crippen molar-refractivity contribution in [2.45, 2.75) is 33.2 Å². The molecular weight excluding hydrogens is 240 g/mol. The van der Waals surface area contributed by atoms with Crippen molar-refractivity contribution in [1.82, 2.24) is 4.90 Å². The van der Waals surface area contributed by atoms with Crippen molar-refractivity contribution in [2.75, 3.05) is 19.6 Å². The summed E-state index contributed by atoms with van der Waals surface area (Å²) in [7, 11) is 0. The molecule has 18 heavy (non-hydrogen) atoms. The Morgan fingerprint density at radius 2 is 2.33 bits per heavy atom. The predicted octanol–water partition coefficient (Wildman–Crippen LogP) is 2.68. The summed E-state index contributed by atoms with van der Waals surface area (Å²) >= 11 is 1.81. The van der Waals surface area contributed by atoms with E-state index in [4.69, 9.17) is 5.73 Å². The number of piperidine rings is 1. The first-order chi connectivity index (χ1) is 8.61. The highest BCUT2D eigenvalue weighted by molar-refractivity contribution is 7.10. The maximum atomic E-state index is 5.43. The summed E-state index contributed by atoms with van der Waals surface area (Å²) in [5.74, 6) is 6.12. The molecule has 0 amide bonds. The first kappa shape index (κ1) is 13.6. The second-order valence-corrected chi connectivity index (χ2v) is 6.74. The highest BCUT2D eigenvalue weighted by Crippen LogP contribution is 2.30. The van der Waals surface area contributed by atoms with Crippen LogP contribution < -0.4 is 5.73 Å². The van der Waals surface area contributed by atoms with Gasteiger partial charge in [0.25, 0.3) is 0 Å². The maximum absolute atomic E-state index is 5.43. The highest BCUT2D eigenvalue weighted by Gasteiger charge is 2.26. The molecule has 1 saturated heterocycles. The second-order valence-electron chi connectivity index (χ2n) is 5.74. The van der Waals surface area contributed by atoms with Crippen LogP contribution in [0.1, 0.15) is 37.1 Å². The summed E-state index contributed by atoms with van der Waals surface area (Å²) in [6.07, 6.45) is 2.65. The molecule has 2 N–H and O–H groups in total. The van der Waals surface area contributed by atoms with Gasteiger partial charge >= 0.3 is 0 Å². The van der Waals surface area contributed by atoms with Gasteiger partial charge in [0.1, 0.15) is 0 Å². The van der Waals surface area contributed by atoms with Gasteiger partial charge in [-0.3, -0.25) is 4.90 Å². The Morgan fingerprint density at radius 3 is 3.06 bits per heavy atom. The molecule has 1 fully saturated rings. The molecular formula is C15H22N2S. The third kappa shape index (κ3) is 3.58. The summed E-state index contributed by atoms with van der Waals surface area (Å²) < 4.78 is 0. The van der Waals surface area contributed by atoms with Crippen molar-refractivity contribution in [1.29, 1.82) is 0 Å². The molecule has 0 radical (unpaired) electrons. The van der Waals surface area contributed by atoms with E-state index in [1.165, 1.54) is 30.8 Å². The van der Waals surface area contributed by atoms with E-state index in [9.17, 15) is 0 Å². The van der Waals surface area contributed by atoms with Gasteiger partial charge in [-0.05, 0) is 36.2 Å². The van der Waals surface area contributed by atoms with E-state index in [0.717, 1.165) is 12.1 Å². The molecule has 3 heteroatoms. The summed E-state index contributed by atoms with van der Waals surface area (Å²) in [5, 5.41) is 2.13. The minimum absolute atomic E-state index is 0.437. The average molecular weight is 262 g/mol. The van der Waals surface area contributed by atoms with Crippen LogP contribution in [0.5, 0.6) is 0 Å².